The van der Waals surface area contributed by atoms with E-state index in [0.29, 0.717) is 0 Å². The van der Waals surface area contributed by atoms with Crippen molar-refractivity contribution in [2.45, 2.75) is 6.36 Å². The molecule has 1 heterocycles. The van der Waals surface area contributed by atoms with E-state index in [9.17, 15) is 17.6 Å². The molecule has 0 saturated carbocycles. The number of aromatic nitrogens is 2. The zero-order valence-corrected chi connectivity index (χ0v) is 11.4. The van der Waals surface area contributed by atoms with Gasteiger partial charge in [-0.2, -0.15) is 4.98 Å². The largest absolute Gasteiger partial charge is 0.573 e. The SMILES string of the molecule is Fc1cnc(Cl)nc1Nc1ccc(Cl)c(OC(F)(F)F)c1. The van der Waals surface area contributed by atoms with E-state index in [1.165, 1.54) is 6.07 Å². The average Bonchev–Trinajstić information content (AvgIpc) is 2.36. The molecule has 0 fully saturated rings. The number of hydrogen-bond donors (Lipinski definition) is 1. The number of benzene rings is 1. The van der Waals surface area contributed by atoms with Crippen molar-refractivity contribution >= 4 is 34.7 Å². The van der Waals surface area contributed by atoms with Crippen LogP contribution in [0.15, 0.2) is 24.4 Å². The third kappa shape index (κ3) is 4.33. The lowest BCUT2D eigenvalue weighted by Crippen LogP contribution is -2.17. The molecule has 1 aromatic carbocycles. The van der Waals surface area contributed by atoms with Crippen LogP contribution in [-0.4, -0.2) is 16.3 Å². The Bertz CT molecular complexity index is 666. The van der Waals surface area contributed by atoms with Gasteiger partial charge in [0, 0.05) is 11.8 Å². The summed E-state index contributed by atoms with van der Waals surface area (Å²) in [7, 11) is 0. The standard InChI is InChI=1S/C11H5Cl2F4N3O/c12-6-2-1-5(3-8(6)21-11(15,16)17)19-9-7(14)4-18-10(13)20-9/h1-4H,(H,18,19,20). The van der Waals surface area contributed by atoms with E-state index in [4.69, 9.17) is 23.2 Å². The van der Waals surface area contributed by atoms with Crippen molar-refractivity contribution in [2.75, 3.05) is 5.32 Å². The van der Waals surface area contributed by atoms with Crippen LogP contribution in [0.25, 0.3) is 0 Å². The van der Waals surface area contributed by atoms with Gasteiger partial charge in [0.05, 0.1) is 11.2 Å². The minimum Gasteiger partial charge on any atom is -0.404 e. The highest BCUT2D eigenvalue weighted by Gasteiger charge is 2.32. The highest BCUT2D eigenvalue weighted by Crippen LogP contribution is 2.33. The molecule has 2 aromatic rings. The van der Waals surface area contributed by atoms with Crippen LogP contribution < -0.4 is 10.1 Å². The first kappa shape index (κ1) is 15.6. The molecule has 2 rings (SSSR count). The lowest BCUT2D eigenvalue weighted by Gasteiger charge is -2.12. The van der Waals surface area contributed by atoms with E-state index in [2.05, 4.69) is 20.0 Å². The summed E-state index contributed by atoms with van der Waals surface area (Å²) in [5.41, 5.74) is 0.0762. The minimum atomic E-state index is -4.90. The molecule has 0 saturated heterocycles. The maximum Gasteiger partial charge on any atom is 0.573 e. The van der Waals surface area contributed by atoms with E-state index < -0.39 is 17.9 Å². The van der Waals surface area contributed by atoms with E-state index in [-0.39, 0.29) is 21.8 Å². The molecule has 0 spiro atoms. The molecule has 0 amide bonds. The van der Waals surface area contributed by atoms with Crippen molar-refractivity contribution in [1.82, 2.24) is 9.97 Å². The van der Waals surface area contributed by atoms with E-state index >= 15 is 0 Å². The Labute approximate surface area is 125 Å². The number of halogens is 6. The van der Waals surface area contributed by atoms with Gasteiger partial charge in [0.15, 0.2) is 11.6 Å². The Kier molecular flexibility index (Phi) is 4.38. The Morgan fingerprint density at radius 2 is 1.90 bits per heavy atom. The summed E-state index contributed by atoms with van der Waals surface area (Å²) in [6, 6.07) is 3.43. The fraction of sp³-hybridized carbons (Fsp3) is 0.0909. The number of hydrogen-bond acceptors (Lipinski definition) is 4. The molecule has 0 atom stereocenters. The Hall–Kier alpha value is -1.80. The second-order valence-electron chi connectivity index (χ2n) is 3.65. The van der Waals surface area contributed by atoms with Crippen LogP contribution in [0.5, 0.6) is 5.75 Å². The Balaban J connectivity index is 2.29. The van der Waals surface area contributed by atoms with Crippen LogP contribution in [0, 0.1) is 5.82 Å². The first-order chi connectivity index (χ1) is 9.74. The molecule has 1 aromatic heterocycles. The maximum atomic E-state index is 13.4. The second-order valence-corrected chi connectivity index (χ2v) is 4.40. The molecule has 21 heavy (non-hydrogen) atoms. The average molecular weight is 342 g/mol. The van der Waals surface area contributed by atoms with Gasteiger partial charge in [0.1, 0.15) is 5.75 Å². The van der Waals surface area contributed by atoms with Crippen LogP contribution >= 0.6 is 23.2 Å². The summed E-state index contributed by atoms with van der Waals surface area (Å²) in [5.74, 6) is -1.75. The number of anilines is 2. The molecule has 1 N–H and O–H groups in total. The highest BCUT2D eigenvalue weighted by atomic mass is 35.5. The molecule has 0 aliphatic carbocycles. The molecule has 0 aliphatic heterocycles. The lowest BCUT2D eigenvalue weighted by molar-refractivity contribution is -0.274. The van der Waals surface area contributed by atoms with Gasteiger partial charge in [-0.05, 0) is 23.7 Å². The molecule has 10 heteroatoms. The second kappa shape index (κ2) is 5.90. The molecular weight excluding hydrogens is 337 g/mol. The number of rotatable bonds is 3. The minimum absolute atomic E-state index is 0.0762. The molecule has 0 unspecified atom stereocenters. The Morgan fingerprint density at radius 3 is 2.57 bits per heavy atom. The van der Waals surface area contributed by atoms with Crippen molar-refractivity contribution in [2.24, 2.45) is 0 Å². The smallest absolute Gasteiger partial charge is 0.404 e. The Morgan fingerprint density at radius 1 is 1.19 bits per heavy atom. The lowest BCUT2D eigenvalue weighted by atomic mass is 10.3. The summed E-state index contributed by atoms with van der Waals surface area (Å²) in [6.07, 6.45) is -4.08. The number of ether oxygens (including phenoxy) is 1. The molecule has 112 valence electrons. The molecule has 0 aliphatic rings. The van der Waals surface area contributed by atoms with Crippen molar-refractivity contribution in [3.8, 4) is 5.75 Å². The summed E-state index contributed by atoms with van der Waals surface area (Å²) >= 11 is 11.1. The van der Waals surface area contributed by atoms with Gasteiger partial charge >= 0.3 is 6.36 Å². The number of nitrogens with one attached hydrogen (secondary N) is 1. The number of alkyl halides is 3. The van der Waals surface area contributed by atoms with Crippen LogP contribution in [0.2, 0.25) is 10.3 Å². The van der Waals surface area contributed by atoms with Gasteiger partial charge in [-0.25, -0.2) is 9.37 Å². The topological polar surface area (TPSA) is 47.0 Å². The van der Waals surface area contributed by atoms with Crippen LogP contribution in [-0.2, 0) is 0 Å². The fourth-order valence-corrected chi connectivity index (χ4v) is 1.64. The van der Waals surface area contributed by atoms with Gasteiger partial charge in [-0.1, -0.05) is 11.6 Å². The van der Waals surface area contributed by atoms with Crippen molar-refractivity contribution < 1.29 is 22.3 Å². The zero-order valence-electron chi connectivity index (χ0n) is 9.88. The van der Waals surface area contributed by atoms with Gasteiger partial charge < -0.3 is 10.1 Å². The first-order valence-corrected chi connectivity index (χ1v) is 6.00. The van der Waals surface area contributed by atoms with E-state index in [1.54, 1.807) is 0 Å². The van der Waals surface area contributed by atoms with Gasteiger partial charge in [-0.3, -0.25) is 0 Å². The van der Waals surface area contributed by atoms with Crippen molar-refractivity contribution in [3.63, 3.8) is 0 Å². The quantitative estimate of drug-likeness (QED) is 0.656. The van der Waals surface area contributed by atoms with E-state index in [0.717, 1.165) is 18.3 Å². The van der Waals surface area contributed by atoms with Gasteiger partial charge in [-0.15, -0.1) is 13.2 Å². The van der Waals surface area contributed by atoms with Crippen LogP contribution in [0.4, 0.5) is 29.1 Å². The van der Waals surface area contributed by atoms with Crippen molar-refractivity contribution in [3.05, 3.63) is 40.5 Å². The third-order valence-electron chi connectivity index (χ3n) is 2.13. The predicted molar refractivity (Wildman–Crippen MR) is 68.4 cm³/mol. The normalized spacial score (nSPS) is 11.3. The maximum absolute atomic E-state index is 13.4. The highest BCUT2D eigenvalue weighted by molar-refractivity contribution is 6.32. The summed E-state index contributed by atoms with van der Waals surface area (Å²) in [6.45, 7) is 0. The first-order valence-electron chi connectivity index (χ1n) is 5.25. The van der Waals surface area contributed by atoms with Crippen molar-refractivity contribution in [1.29, 1.82) is 0 Å². The molecular formula is C11H5Cl2F4N3O. The van der Waals surface area contributed by atoms with Gasteiger partial charge in [0.25, 0.3) is 0 Å². The molecule has 0 bridgehead atoms. The fourth-order valence-electron chi connectivity index (χ4n) is 1.35. The monoisotopic (exact) mass is 341 g/mol. The van der Waals surface area contributed by atoms with E-state index in [1.807, 2.05) is 0 Å². The molecule has 4 nitrogen and oxygen atoms in total. The van der Waals surface area contributed by atoms with Crippen LogP contribution in [0.3, 0.4) is 0 Å². The van der Waals surface area contributed by atoms with Gasteiger partial charge in [0.2, 0.25) is 5.28 Å². The molecule has 0 radical (unpaired) electrons. The summed E-state index contributed by atoms with van der Waals surface area (Å²) in [4.78, 5) is 6.97. The predicted octanol–water partition coefficient (Wildman–Crippen LogP) is 4.56. The number of nitrogens with zero attached hydrogens (tertiary/aromatic N) is 2. The third-order valence-corrected chi connectivity index (χ3v) is 2.63. The summed E-state index contributed by atoms with van der Waals surface area (Å²) in [5, 5.41) is 1.98. The van der Waals surface area contributed by atoms with Crippen LogP contribution in [0.1, 0.15) is 0 Å². The summed E-state index contributed by atoms with van der Waals surface area (Å²) < 4.78 is 53.8. The zero-order chi connectivity index (χ0) is 15.6.